The summed E-state index contributed by atoms with van der Waals surface area (Å²) in [6, 6.07) is 10.2. The van der Waals surface area contributed by atoms with Crippen molar-refractivity contribution in [1.82, 2.24) is 24.2 Å². The van der Waals surface area contributed by atoms with E-state index in [1.165, 1.54) is 0 Å². The van der Waals surface area contributed by atoms with Crippen molar-refractivity contribution in [2.45, 2.75) is 32.7 Å². The zero-order chi connectivity index (χ0) is 18.1. The summed E-state index contributed by atoms with van der Waals surface area (Å²) in [6.45, 7) is 5.41. The number of piperidine rings is 1. The van der Waals surface area contributed by atoms with Gasteiger partial charge in [-0.3, -0.25) is 4.79 Å². The molecule has 1 amide bonds. The van der Waals surface area contributed by atoms with E-state index in [4.69, 9.17) is 0 Å². The van der Waals surface area contributed by atoms with Gasteiger partial charge in [-0.1, -0.05) is 18.2 Å². The summed E-state index contributed by atoms with van der Waals surface area (Å²) in [6.07, 6.45) is 7.75. The molecule has 1 fully saturated rings. The van der Waals surface area contributed by atoms with Crippen LogP contribution in [0.4, 0.5) is 0 Å². The summed E-state index contributed by atoms with van der Waals surface area (Å²) in [4.78, 5) is 19.4. The number of benzene rings is 1. The molecule has 0 spiro atoms. The molecule has 1 aliphatic heterocycles. The SMILES string of the molecule is Cc1nn(-c2ccccc2)cc1C(=O)N1CCC[C@H](n2ccnc2C)C1. The highest BCUT2D eigenvalue weighted by molar-refractivity contribution is 5.95. The Kier molecular flexibility index (Phi) is 4.32. The van der Waals surface area contributed by atoms with Crippen LogP contribution in [-0.2, 0) is 0 Å². The quantitative estimate of drug-likeness (QED) is 0.730. The third kappa shape index (κ3) is 3.03. The van der Waals surface area contributed by atoms with Crippen LogP contribution in [0.5, 0.6) is 0 Å². The Morgan fingerprint density at radius 1 is 1.19 bits per heavy atom. The fourth-order valence-corrected chi connectivity index (χ4v) is 3.69. The molecule has 0 unspecified atom stereocenters. The molecule has 3 heterocycles. The van der Waals surface area contributed by atoms with Crippen molar-refractivity contribution in [2.75, 3.05) is 13.1 Å². The van der Waals surface area contributed by atoms with Crippen LogP contribution in [0.2, 0.25) is 0 Å². The first-order valence-corrected chi connectivity index (χ1v) is 9.04. The number of aryl methyl sites for hydroxylation is 2. The Balaban J connectivity index is 1.56. The number of nitrogens with zero attached hydrogens (tertiary/aromatic N) is 5. The number of carbonyl (C=O) groups is 1. The van der Waals surface area contributed by atoms with Gasteiger partial charge in [0, 0.05) is 31.7 Å². The standard InChI is InChI=1S/C20H23N5O/c1-15-19(14-25(22-15)17-7-4-3-5-8-17)20(26)23-11-6-9-18(13-23)24-12-10-21-16(24)2/h3-5,7-8,10,12,14,18H,6,9,11,13H2,1-2H3/t18-/m0/s1. The van der Waals surface area contributed by atoms with Gasteiger partial charge in [-0.15, -0.1) is 0 Å². The fourth-order valence-electron chi connectivity index (χ4n) is 3.69. The van der Waals surface area contributed by atoms with Gasteiger partial charge in [0.1, 0.15) is 5.82 Å². The number of likely N-dealkylation sites (tertiary alicyclic amines) is 1. The van der Waals surface area contributed by atoms with Gasteiger partial charge < -0.3 is 9.47 Å². The zero-order valence-corrected chi connectivity index (χ0v) is 15.2. The fraction of sp³-hybridized carbons (Fsp3) is 0.350. The van der Waals surface area contributed by atoms with Gasteiger partial charge in [0.15, 0.2) is 0 Å². The van der Waals surface area contributed by atoms with Crippen LogP contribution >= 0.6 is 0 Å². The lowest BCUT2D eigenvalue weighted by Gasteiger charge is -2.33. The molecule has 6 heteroatoms. The third-order valence-corrected chi connectivity index (χ3v) is 5.09. The summed E-state index contributed by atoms with van der Waals surface area (Å²) >= 11 is 0. The second-order valence-corrected chi connectivity index (χ2v) is 6.84. The van der Waals surface area contributed by atoms with Gasteiger partial charge in [0.25, 0.3) is 5.91 Å². The number of imidazole rings is 1. The number of aromatic nitrogens is 4. The lowest BCUT2D eigenvalue weighted by Crippen LogP contribution is -2.41. The lowest BCUT2D eigenvalue weighted by molar-refractivity contribution is 0.0677. The van der Waals surface area contributed by atoms with Crippen LogP contribution in [0.25, 0.3) is 5.69 Å². The Labute approximate surface area is 153 Å². The highest BCUT2D eigenvalue weighted by atomic mass is 16.2. The molecule has 0 radical (unpaired) electrons. The molecule has 3 aromatic rings. The molecule has 1 aliphatic rings. The van der Waals surface area contributed by atoms with Crippen molar-refractivity contribution in [3.8, 4) is 5.69 Å². The summed E-state index contributed by atoms with van der Waals surface area (Å²) in [5.74, 6) is 1.06. The normalized spacial score (nSPS) is 17.5. The number of carbonyl (C=O) groups excluding carboxylic acids is 1. The van der Waals surface area contributed by atoms with Crippen molar-refractivity contribution in [1.29, 1.82) is 0 Å². The molecule has 26 heavy (non-hydrogen) atoms. The maximum Gasteiger partial charge on any atom is 0.257 e. The van der Waals surface area contributed by atoms with Gasteiger partial charge >= 0.3 is 0 Å². The Morgan fingerprint density at radius 3 is 2.73 bits per heavy atom. The lowest BCUT2D eigenvalue weighted by atomic mass is 10.0. The second kappa shape index (κ2) is 6.78. The minimum Gasteiger partial charge on any atom is -0.336 e. The Hall–Kier alpha value is -2.89. The monoisotopic (exact) mass is 349 g/mol. The number of para-hydroxylation sites is 1. The van der Waals surface area contributed by atoms with Gasteiger partial charge in [0.05, 0.1) is 23.0 Å². The second-order valence-electron chi connectivity index (χ2n) is 6.84. The first-order valence-electron chi connectivity index (χ1n) is 9.04. The summed E-state index contributed by atoms with van der Waals surface area (Å²) in [7, 11) is 0. The van der Waals surface area contributed by atoms with Crippen LogP contribution < -0.4 is 0 Å². The highest BCUT2D eigenvalue weighted by Crippen LogP contribution is 2.24. The minimum absolute atomic E-state index is 0.0622. The molecule has 0 bridgehead atoms. The van der Waals surface area contributed by atoms with E-state index >= 15 is 0 Å². The average Bonchev–Trinajstić information content (AvgIpc) is 3.28. The van der Waals surface area contributed by atoms with Crippen LogP contribution in [0.3, 0.4) is 0 Å². The first-order chi connectivity index (χ1) is 12.6. The van der Waals surface area contributed by atoms with E-state index in [9.17, 15) is 4.79 Å². The highest BCUT2D eigenvalue weighted by Gasteiger charge is 2.28. The number of hydrogen-bond acceptors (Lipinski definition) is 3. The molecule has 0 saturated carbocycles. The Bertz CT molecular complexity index is 911. The Morgan fingerprint density at radius 2 is 2.00 bits per heavy atom. The third-order valence-electron chi connectivity index (χ3n) is 5.09. The van der Waals surface area contributed by atoms with Crippen LogP contribution in [0, 0.1) is 13.8 Å². The molecule has 1 saturated heterocycles. The molecule has 4 rings (SSSR count). The molecule has 6 nitrogen and oxygen atoms in total. The molecular formula is C20H23N5O. The van der Waals surface area contributed by atoms with Crippen molar-refractivity contribution in [3.05, 3.63) is 66.0 Å². The van der Waals surface area contributed by atoms with Gasteiger partial charge in [-0.2, -0.15) is 5.10 Å². The predicted molar refractivity (Wildman–Crippen MR) is 99.4 cm³/mol. The molecular weight excluding hydrogens is 326 g/mol. The molecule has 2 aromatic heterocycles. The van der Waals surface area contributed by atoms with E-state index in [0.717, 1.165) is 36.6 Å². The van der Waals surface area contributed by atoms with E-state index in [2.05, 4.69) is 14.6 Å². The number of amides is 1. The van der Waals surface area contributed by atoms with Crippen molar-refractivity contribution < 1.29 is 4.79 Å². The van der Waals surface area contributed by atoms with Gasteiger partial charge in [0.2, 0.25) is 0 Å². The minimum atomic E-state index is 0.0622. The molecule has 1 atom stereocenters. The van der Waals surface area contributed by atoms with E-state index in [1.54, 1.807) is 4.68 Å². The molecule has 0 N–H and O–H groups in total. The first kappa shape index (κ1) is 16.6. The maximum absolute atomic E-state index is 13.1. The molecule has 1 aromatic carbocycles. The van der Waals surface area contributed by atoms with E-state index in [1.807, 2.05) is 67.7 Å². The van der Waals surface area contributed by atoms with E-state index < -0.39 is 0 Å². The summed E-state index contributed by atoms with van der Waals surface area (Å²) in [5, 5.41) is 4.53. The number of rotatable bonds is 3. The van der Waals surface area contributed by atoms with Gasteiger partial charge in [-0.25, -0.2) is 9.67 Å². The van der Waals surface area contributed by atoms with E-state index in [-0.39, 0.29) is 5.91 Å². The zero-order valence-electron chi connectivity index (χ0n) is 15.2. The summed E-state index contributed by atoms with van der Waals surface area (Å²) < 4.78 is 3.96. The summed E-state index contributed by atoms with van der Waals surface area (Å²) in [5.41, 5.74) is 2.40. The average molecular weight is 349 g/mol. The predicted octanol–water partition coefficient (Wildman–Crippen LogP) is 3.16. The van der Waals surface area contributed by atoms with Crippen LogP contribution in [-0.4, -0.2) is 43.2 Å². The van der Waals surface area contributed by atoms with Crippen LogP contribution in [0.1, 0.15) is 40.8 Å². The number of hydrogen-bond donors (Lipinski definition) is 0. The van der Waals surface area contributed by atoms with Crippen molar-refractivity contribution in [2.24, 2.45) is 0 Å². The molecule has 134 valence electrons. The van der Waals surface area contributed by atoms with Crippen LogP contribution in [0.15, 0.2) is 48.9 Å². The van der Waals surface area contributed by atoms with Crippen molar-refractivity contribution in [3.63, 3.8) is 0 Å². The van der Waals surface area contributed by atoms with Crippen molar-refractivity contribution >= 4 is 5.91 Å². The molecule has 0 aliphatic carbocycles. The largest absolute Gasteiger partial charge is 0.336 e. The maximum atomic E-state index is 13.1. The van der Waals surface area contributed by atoms with Gasteiger partial charge in [-0.05, 0) is 38.8 Å². The smallest absolute Gasteiger partial charge is 0.257 e. The van der Waals surface area contributed by atoms with E-state index in [0.29, 0.717) is 18.2 Å². The topological polar surface area (TPSA) is 56.0 Å².